The molecule has 0 rings (SSSR count). The molecule has 0 saturated heterocycles. The van der Waals surface area contributed by atoms with E-state index in [0.717, 1.165) is 0 Å². The topological polar surface area (TPSA) is 60.7 Å². The third kappa shape index (κ3) is 4.73. The Morgan fingerprint density at radius 2 is 1.80 bits per heavy atom. The Kier molecular flexibility index (Phi) is 3.86. The molecule has 0 aliphatic heterocycles. The average molecular weight is 148 g/mol. The van der Waals surface area contributed by atoms with Crippen LogP contribution in [0.15, 0.2) is 0 Å². The van der Waals surface area contributed by atoms with E-state index in [1.54, 1.807) is 0 Å². The third-order valence-corrected chi connectivity index (χ3v) is 1.25. The molecule has 0 fully saturated rings. The van der Waals surface area contributed by atoms with Crippen LogP contribution >= 0.6 is 0 Å². The van der Waals surface area contributed by atoms with Crippen LogP contribution in [-0.2, 0) is 0 Å². The van der Waals surface area contributed by atoms with Crippen LogP contribution in [0.3, 0.4) is 0 Å². The first-order valence-corrected chi connectivity index (χ1v) is 3.53. The summed E-state index contributed by atoms with van der Waals surface area (Å²) in [7, 11) is 0. The van der Waals surface area contributed by atoms with Gasteiger partial charge in [-0.2, -0.15) is 0 Å². The third-order valence-electron chi connectivity index (χ3n) is 1.25. The first kappa shape index (κ1) is 9.88. The summed E-state index contributed by atoms with van der Waals surface area (Å²) in [5.41, 5.74) is 0. The Morgan fingerprint density at radius 1 is 1.30 bits per heavy atom. The quantitative estimate of drug-likeness (QED) is 0.495. The van der Waals surface area contributed by atoms with Crippen molar-refractivity contribution >= 4 is 0 Å². The van der Waals surface area contributed by atoms with Crippen LogP contribution in [0.2, 0.25) is 0 Å². The van der Waals surface area contributed by atoms with Crippen LogP contribution in [0.25, 0.3) is 0 Å². The maximum atomic E-state index is 9.08. The van der Waals surface area contributed by atoms with Crippen molar-refractivity contribution in [2.75, 3.05) is 6.61 Å². The van der Waals surface area contributed by atoms with Crippen LogP contribution < -0.4 is 0 Å². The lowest BCUT2D eigenvalue weighted by atomic mass is 10.0. The van der Waals surface area contributed by atoms with Gasteiger partial charge in [0, 0.05) is 19.4 Å². The molecule has 0 atom stereocenters. The lowest BCUT2D eigenvalue weighted by Gasteiger charge is -2.22. The van der Waals surface area contributed by atoms with Crippen LogP contribution in [0.5, 0.6) is 0 Å². The molecule has 0 amide bonds. The molecule has 0 aromatic carbocycles. The van der Waals surface area contributed by atoms with E-state index in [1.807, 2.05) is 13.8 Å². The van der Waals surface area contributed by atoms with Crippen molar-refractivity contribution in [2.24, 2.45) is 5.92 Å². The molecule has 0 bridgehead atoms. The molecule has 62 valence electrons. The van der Waals surface area contributed by atoms with E-state index in [-0.39, 0.29) is 18.9 Å². The Morgan fingerprint density at radius 3 is 2.10 bits per heavy atom. The normalized spacial score (nSPS) is 12.6. The molecule has 10 heavy (non-hydrogen) atoms. The molecule has 0 aliphatic carbocycles. The van der Waals surface area contributed by atoms with Gasteiger partial charge in [-0.3, -0.25) is 0 Å². The van der Waals surface area contributed by atoms with E-state index in [1.165, 1.54) is 0 Å². The molecule has 3 nitrogen and oxygen atoms in total. The minimum absolute atomic E-state index is 0.0329. The number of rotatable bonds is 4. The van der Waals surface area contributed by atoms with Gasteiger partial charge in [-0.1, -0.05) is 13.8 Å². The van der Waals surface area contributed by atoms with Crippen LogP contribution in [-0.4, -0.2) is 27.7 Å². The zero-order valence-electron chi connectivity index (χ0n) is 6.54. The first-order chi connectivity index (χ1) is 4.48. The number of hydrogen-bond acceptors (Lipinski definition) is 3. The highest BCUT2D eigenvalue weighted by atomic mass is 16.5. The highest BCUT2D eigenvalue weighted by Crippen LogP contribution is 2.16. The Balaban J connectivity index is 3.63. The maximum Gasteiger partial charge on any atom is 0.164 e. The fourth-order valence-electron chi connectivity index (χ4n) is 0.935. The molecule has 0 heterocycles. The number of hydrogen-bond donors (Lipinski definition) is 3. The standard InChI is InChI=1S/C7H16O3/c1-6(2)5-7(9,10)3-4-8/h6,8-10H,3-5H2,1-2H3. The van der Waals surface area contributed by atoms with Gasteiger partial charge in [0.15, 0.2) is 5.79 Å². The second-order valence-electron chi connectivity index (χ2n) is 3.05. The summed E-state index contributed by atoms with van der Waals surface area (Å²) in [5, 5.41) is 26.6. The van der Waals surface area contributed by atoms with E-state index in [2.05, 4.69) is 0 Å². The van der Waals surface area contributed by atoms with Crippen molar-refractivity contribution in [3.8, 4) is 0 Å². The van der Waals surface area contributed by atoms with Gasteiger partial charge in [-0.05, 0) is 5.92 Å². The molecular weight excluding hydrogens is 132 g/mol. The summed E-state index contributed by atoms with van der Waals surface area (Å²) in [4.78, 5) is 0. The summed E-state index contributed by atoms with van der Waals surface area (Å²) in [6, 6.07) is 0. The van der Waals surface area contributed by atoms with Crippen LogP contribution in [0, 0.1) is 5.92 Å². The van der Waals surface area contributed by atoms with E-state index in [4.69, 9.17) is 15.3 Å². The monoisotopic (exact) mass is 148 g/mol. The zero-order valence-corrected chi connectivity index (χ0v) is 6.54. The maximum absolute atomic E-state index is 9.08. The molecule has 0 aromatic heterocycles. The highest BCUT2D eigenvalue weighted by Gasteiger charge is 2.22. The predicted octanol–water partition coefficient (Wildman–Crippen LogP) is 0.0958. The summed E-state index contributed by atoms with van der Waals surface area (Å²) in [5.74, 6) is -1.44. The molecule has 0 unspecified atom stereocenters. The lowest BCUT2D eigenvalue weighted by Crippen LogP contribution is -2.30. The molecule has 3 heteroatoms. The van der Waals surface area contributed by atoms with E-state index in [9.17, 15) is 0 Å². The first-order valence-electron chi connectivity index (χ1n) is 3.53. The Hall–Kier alpha value is -0.120. The van der Waals surface area contributed by atoms with Gasteiger partial charge >= 0.3 is 0 Å². The van der Waals surface area contributed by atoms with Crippen molar-refractivity contribution in [3.63, 3.8) is 0 Å². The smallest absolute Gasteiger partial charge is 0.164 e. The van der Waals surface area contributed by atoms with Gasteiger partial charge in [0.2, 0.25) is 0 Å². The fraction of sp³-hybridized carbons (Fsp3) is 1.00. The second-order valence-corrected chi connectivity index (χ2v) is 3.05. The predicted molar refractivity (Wildman–Crippen MR) is 38.3 cm³/mol. The molecule has 0 saturated carbocycles. The molecule has 0 aliphatic rings. The molecule has 0 spiro atoms. The lowest BCUT2D eigenvalue weighted by molar-refractivity contribution is -0.181. The van der Waals surface area contributed by atoms with E-state index < -0.39 is 5.79 Å². The summed E-state index contributed by atoms with van der Waals surface area (Å²) >= 11 is 0. The number of aliphatic hydroxyl groups excluding tert-OH is 1. The highest BCUT2D eigenvalue weighted by molar-refractivity contribution is 4.65. The molecular formula is C7H16O3. The second kappa shape index (κ2) is 3.91. The van der Waals surface area contributed by atoms with Crippen LogP contribution in [0.4, 0.5) is 0 Å². The largest absolute Gasteiger partial charge is 0.396 e. The Bertz CT molecular complexity index is 88.9. The SMILES string of the molecule is CC(C)CC(O)(O)CCO. The van der Waals surface area contributed by atoms with Gasteiger partial charge in [0.05, 0.1) is 0 Å². The summed E-state index contributed by atoms with van der Waals surface area (Å²) < 4.78 is 0. The van der Waals surface area contributed by atoms with Gasteiger partial charge < -0.3 is 15.3 Å². The Labute approximate surface area is 61.3 Å². The van der Waals surface area contributed by atoms with Crippen LogP contribution in [0.1, 0.15) is 26.7 Å². The average Bonchev–Trinajstić information content (AvgIpc) is 1.59. The van der Waals surface area contributed by atoms with Gasteiger partial charge in [0.1, 0.15) is 0 Å². The summed E-state index contributed by atoms with van der Waals surface area (Å²) in [6.45, 7) is 3.62. The minimum Gasteiger partial charge on any atom is -0.396 e. The zero-order chi connectivity index (χ0) is 8.20. The van der Waals surface area contributed by atoms with Gasteiger partial charge in [-0.25, -0.2) is 0 Å². The van der Waals surface area contributed by atoms with E-state index >= 15 is 0 Å². The van der Waals surface area contributed by atoms with Crippen molar-refractivity contribution in [3.05, 3.63) is 0 Å². The van der Waals surface area contributed by atoms with Crippen molar-refractivity contribution in [2.45, 2.75) is 32.5 Å². The number of aliphatic hydroxyl groups is 3. The van der Waals surface area contributed by atoms with E-state index in [0.29, 0.717) is 6.42 Å². The van der Waals surface area contributed by atoms with Gasteiger partial charge in [-0.15, -0.1) is 0 Å². The fourth-order valence-corrected chi connectivity index (χ4v) is 0.935. The van der Waals surface area contributed by atoms with Crippen molar-refractivity contribution in [1.82, 2.24) is 0 Å². The molecule has 0 radical (unpaired) electrons. The summed E-state index contributed by atoms with van der Waals surface area (Å²) in [6.07, 6.45) is 0.346. The van der Waals surface area contributed by atoms with Crippen molar-refractivity contribution in [1.29, 1.82) is 0 Å². The minimum atomic E-state index is -1.68. The molecule has 3 N–H and O–H groups in total. The van der Waals surface area contributed by atoms with Crippen molar-refractivity contribution < 1.29 is 15.3 Å². The van der Waals surface area contributed by atoms with Gasteiger partial charge in [0.25, 0.3) is 0 Å². The molecule has 0 aromatic rings.